The molecule has 0 atom stereocenters. The molecule has 3 nitrogen and oxygen atoms in total. The van der Waals surface area contributed by atoms with Crippen molar-refractivity contribution >= 4 is 21.9 Å². The van der Waals surface area contributed by atoms with Gasteiger partial charge in [-0.05, 0) is 5.25 Å². The standard InChI is InChI=1S/C6H14O3S2/c1-6(2)10-5-4-9-11(3,7)8/h6H,4-5H2,1-3H3. The monoisotopic (exact) mass is 198 g/mol. The molecule has 0 bridgehead atoms. The lowest BCUT2D eigenvalue weighted by Crippen LogP contribution is -2.06. The van der Waals surface area contributed by atoms with Crippen LogP contribution < -0.4 is 0 Å². The van der Waals surface area contributed by atoms with Gasteiger partial charge in [0.25, 0.3) is 10.1 Å². The van der Waals surface area contributed by atoms with Gasteiger partial charge in [0.05, 0.1) is 12.9 Å². The van der Waals surface area contributed by atoms with E-state index in [9.17, 15) is 8.42 Å². The van der Waals surface area contributed by atoms with Crippen LogP contribution in [0, 0.1) is 0 Å². The molecule has 0 aliphatic rings. The molecule has 0 N–H and O–H groups in total. The van der Waals surface area contributed by atoms with Crippen molar-refractivity contribution < 1.29 is 12.6 Å². The summed E-state index contributed by atoms with van der Waals surface area (Å²) in [5.74, 6) is 0.727. The van der Waals surface area contributed by atoms with E-state index in [4.69, 9.17) is 0 Å². The van der Waals surface area contributed by atoms with E-state index in [2.05, 4.69) is 18.0 Å². The minimum Gasteiger partial charge on any atom is -0.269 e. The first kappa shape index (κ1) is 11.3. The van der Waals surface area contributed by atoms with Gasteiger partial charge in [0, 0.05) is 5.75 Å². The third kappa shape index (κ3) is 10.3. The zero-order chi connectivity index (χ0) is 8.91. The van der Waals surface area contributed by atoms with Crippen molar-refractivity contribution in [1.82, 2.24) is 0 Å². The van der Waals surface area contributed by atoms with E-state index in [0.29, 0.717) is 5.25 Å². The molecule has 0 rings (SSSR count). The Morgan fingerprint density at radius 1 is 1.45 bits per heavy atom. The minimum atomic E-state index is -3.24. The summed E-state index contributed by atoms with van der Waals surface area (Å²) < 4.78 is 25.4. The maximum Gasteiger partial charge on any atom is 0.264 e. The van der Waals surface area contributed by atoms with Gasteiger partial charge in [0.2, 0.25) is 0 Å². The molecule has 0 unspecified atom stereocenters. The Hall–Kier alpha value is 0.260. The molecule has 0 saturated heterocycles. The molecule has 11 heavy (non-hydrogen) atoms. The number of hydrogen-bond acceptors (Lipinski definition) is 4. The van der Waals surface area contributed by atoms with Crippen molar-refractivity contribution in [3.63, 3.8) is 0 Å². The SMILES string of the molecule is CC(C)SCCOS(C)(=O)=O. The molecule has 0 fully saturated rings. The van der Waals surface area contributed by atoms with E-state index in [-0.39, 0.29) is 6.61 Å². The largest absolute Gasteiger partial charge is 0.269 e. The first-order valence-electron chi connectivity index (χ1n) is 3.38. The van der Waals surface area contributed by atoms with Crippen molar-refractivity contribution in [2.24, 2.45) is 0 Å². The van der Waals surface area contributed by atoms with Crippen LogP contribution in [0.3, 0.4) is 0 Å². The topological polar surface area (TPSA) is 43.4 Å². The predicted molar refractivity (Wildman–Crippen MR) is 48.4 cm³/mol. The maximum atomic E-state index is 10.4. The van der Waals surface area contributed by atoms with Gasteiger partial charge < -0.3 is 0 Å². The van der Waals surface area contributed by atoms with E-state index < -0.39 is 10.1 Å². The summed E-state index contributed by atoms with van der Waals surface area (Å²) in [7, 11) is -3.24. The van der Waals surface area contributed by atoms with Crippen LogP contribution in [0.5, 0.6) is 0 Å². The van der Waals surface area contributed by atoms with E-state index in [1.807, 2.05) is 0 Å². The Morgan fingerprint density at radius 3 is 2.36 bits per heavy atom. The van der Waals surface area contributed by atoms with Crippen molar-refractivity contribution in [2.45, 2.75) is 19.1 Å². The van der Waals surface area contributed by atoms with Gasteiger partial charge >= 0.3 is 0 Å². The fourth-order valence-electron chi connectivity index (χ4n) is 0.469. The zero-order valence-corrected chi connectivity index (χ0v) is 8.67. The molecule has 0 amide bonds. The quantitative estimate of drug-likeness (QED) is 0.490. The van der Waals surface area contributed by atoms with Gasteiger partial charge in [-0.15, -0.1) is 0 Å². The molecular formula is C6H14O3S2. The number of thioether (sulfide) groups is 1. The molecule has 0 aromatic carbocycles. The van der Waals surface area contributed by atoms with Gasteiger partial charge in [-0.3, -0.25) is 4.18 Å². The smallest absolute Gasteiger partial charge is 0.264 e. The second-order valence-corrected chi connectivity index (χ2v) is 5.77. The first-order chi connectivity index (χ1) is 4.92. The fraction of sp³-hybridized carbons (Fsp3) is 1.00. The van der Waals surface area contributed by atoms with Crippen LogP contribution in [0.2, 0.25) is 0 Å². The van der Waals surface area contributed by atoms with Crippen molar-refractivity contribution in [3.05, 3.63) is 0 Å². The second kappa shape index (κ2) is 5.00. The lowest BCUT2D eigenvalue weighted by molar-refractivity contribution is 0.345. The summed E-state index contributed by atoms with van der Waals surface area (Å²) in [5, 5.41) is 0.526. The third-order valence-corrected chi connectivity index (χ3v) is 2.50. The van der Waals surface area contributed by atoms with Gasteiger partial charge in [-0.25, -0.2) is 0 Å². The fourth-order valence-corrected chi connectivity index (χ4v) is 1.61. The highest BCUT2D eigenvalue weighted by Crippen LogP contribution is 2.08. The Labute approximate surface area is 72.6 Å². The van der Waals surface area contributed by atoms with Crippen LogP contribution in [-0.2, 0) is 14.3 Å². The molecule has 0 spiro atoms. The summed E-state index contributed by atoms with van der Waals surface area (Å²) in [5.41, 5.74) is 0. The summed E-state index contributed by atoms with van der Waals surface area (Å²) in [6.45, 7) is 4.40. The van der Waals surface area contributed by atoms with E-state index in [1.54, 1.807) is 11.8 Å². The number of rotatable bonds is 5. The van der Waals surface area contributed by atoms with Crippen molar-refractivity contribution in [2.75, 3.05) is 18.6 Å². The Morgan fingerprint density at radius 2 is 2.00 bits per heavy atom. The highest BCUT2D eigenvalue weighted by Gasteiger charge is 2.01. The molecule has 0 aliphatic heterocycles. The zero-order valence-electron chi connectivity index (χ0n) is 7.03. The summed E-state index contributed by atoms with van der Waals surface area (Å²) >= 11 is 1.68. The van der Waals surface area contributed by atoms with Crippen LogP contribution in [-0.4, -0.2) is 32.3 Å². The van der Waals surface area contributed by atoms with Crippen LogP contribution in [0.4, 0.5) is 0 Å². The highest BCUT2D eigenvalue weighted by molar-refractivity contribution is 7.99. The molecule has 0 radical (unpaired) electrons. The average Bonchev–Trinajstić information content (AvgIpc) is 1.78. The number of hydrogen-bond donors (Lipinski definition) is 0. The van der Waals surface area contributed by atoms with E-state index >= 15 is 0 Å². The molecule has 68 valence electrons. The lowest BCUT2D eigenvalue weighted by atomic mass is 10.6. The molecule has 0 heterocycles. The minimum absolute atomic E-state index is 0.279. The van der Waals surface area contributed by atoms with Crippen LogP contribution in [0.15, 0.2) is 0 Å². The average molecular weight is 198 g/mol. The molecule has 0 aromatic rings. The third-order valence-electron chi connectivity index (χ3n) is 0.832. The van der Waals surface area contributed by atoms with Gasteiger partial charge in [-0.2, -0.15) is 20.2 Å². The van der Waals surface area contributed by atoms with Crippen LogP contribution >= 0.6 is 11.8 Å². The molecular weight excluding hydrogens is 184 g/mol. The predicted octanol–water partition coefficient (Wildman–Crippen LogP) is 1.10. The molecule has 0 aliphatic carbocycles. The maximum absolute atomic E-state index is 10.4. The molecule has 0 saturated carbocycles. The van der Waals surface area contributed by atoms with Crippen LogP contribution in [0.25, 0.3) is 0 Å². The lowest BCUT2D eigenvalue weighted by Gasteiger charge is -2.03. The normalized spacial score (nSPS) is 12.4. The Balaban J connectivity index is 3.30. The van der Waals surface area contributed by atoms with Crippen molar-refractivity contribution in [3.8, 4) is 0 Å². The summed E-state index contributed by atoms with van der Waals surface area (Å²) in [6, 6.07) is 0. The van der Waals surface area contributed by atoms with E-state index in [1.165, 1.54) is 0 Å². The Bertz CT molecular complexity index is 184. The molecule has 5 heteroatoms. The summed E-state index contributed by atoms with van der Waals surface area (Å²) in [4.78, 5) is 0. The highest BCUT2D eigenvalue weighted by atomic mass is 32.2. The first-order valence-corrected chi connectivity index (χ1v) is 6.24. The van der Waals surface area contributed by atoms with Crippen molar-refractivity contribution in [1.29, 1.82) is 0 Å². The Kier molecular flexibility index (Phi) is 5.12. The van der Waals surface area contributed by atoms with Crippen LogP contribution in [0.1, 0.15) is 13.8 Å². The summed E-state index contributed by atoms with van der Waals surface area (Å²) in [6.07, 6.45) is 1.06. The van der Waals surface area contributed by atoms with Gasteiger partial charge in [0.15, 0.2) is 0 Å². The van der Waals surface area contributed by atoms with Gasteiger partial charge in [0.1, 0.15) is 0 Å². The van der Waals surface area contributed by atoms with E-state index in [0.717, 1.165) is 12.0 Å². The van der Waals surface area contributed by atoms with Gasteiger partial charge in [-0.1, -0.05) is 13.8 Å². The molecule has 0 aromatic heterocycles. The second-order valence-electron chi connectivity index (χ2n) is 2.45.